The van der Waals surface area contributed by atoms with Gasteiger partial charge in [0.1, 0.15) is 23.1 Å². The zero-order valence-corrected chi connectivity index (χ0v) is 13.1. The molecule has 0 aliphatic heterocycles. The predicted molar refractivity (Wildman–Crippen MR) is 89.0 cm³/mol. The van der Waals surface area contributed by atoms with Gasteiger partial charge in [-0.2, -0.15) is 0 Å². The van der Waals surface area contributed by atoms with Gasteiger partial charge in [0.15, 0.2) is 0 Å². The van der Waals surface area contributed by atoms with Crippen LogP contribution in [0.25, 0.3) is 0 Å². The van der Waals surface area contributed by atoms with E-state index in [4.69, 9.17) is 27.4 Å². The van der Waals surface area contributed by atoms with Crippen LogP contribution in [-0.2, 0) is 13.0 Å². The molecule has 3 nitrogen and oxygen atoms in total. The number of nitrogens with two attached hydrogens (primary N) is 1. The Morgan fingerprint density at radius 1 is 1.14 bits per heavy atom. The molecule has 0 radical (unpaired) electrons. The first kappa shape index (κ1) is 15.3. The second kappa shape index (κ2) is 7.09. The Bertz CT molecular complexity index is 640. The molecule has 0 amide bonds. The van der Waals surface area contributed by atoms with E-state index in [-0.39, 0.29) is 0 Å². The van der Waals surface area contributed by atoms with Crippen molar-refractivity contribution in [3.8, 4) is 11.5 Å². The zero-order valence-electron chi connectivity index (χ0n) is 12.3. The van der Waals surface area contributed by atoms with Crippen molar-refractivity contribution >= 4 is 17.2 Å². The highest BCUT2D eigenvalue weighted by molar-refractivity contribution is 7.80. The van der Waals surface area contributed by atoms with E-state index in [1.807, 2.05) is 36.4 Å². The summed E-state index contributed by atoms with van der Waals surface area (Å²) in [6, 6.07) is 13.8. The lowest BCUT2D eigenvalue weighted by atomic mass is 10.1. The molecule has 4 heteroatoms. The molecule has 0 saturated heterocycles. The summed E-state index contributed by atoms with van der Waals surface area (Å²) in [5.41, 5.74) is 8.66. The number of benzene rings is 2. The molecule has 0 fully saturated rings. The van der Waals surface area contributed by atoms with Gasteiger partial charge in [-0.3, -0.25) is 0 Å². The number of hydrogen-bond acceptors (Lipinski definition) is 3. The fourth-order valence-corrected chi connectivity index (χ4v) is 2.29. The third-order valence-electron chi connectivity index (χ3n) is 3.28. The van der Waals surface area contributed by atoms with Crippen LogP contribution in [0, 0.1) is 0 Å². The molecule has 0 bridgehead atoms. The van der Waals surface area contributed by atoms with Crippen molar-refractivity contribution in [2.45, 2.75) is 20.0 Å². The molecule has 2 N–H and O–H groups in total. The van der Waals surface area contributed by atoms with Crippen LogP contribution in [-0.4, -0.2) is 12.1 Å². The predicted octanol–water partition coefficient (Wildman–Crippen LogP) is 3.47. The molecule has 0 aliphatic carbocycles. The van der Waals surface area contributed by atoms with E-state index < -0.39 is 0 Å². The quantitative estimate of drug-likeness (QED) is 0.830. The second-order valence-corrected chi connectivity index (χ2v) is 5.09. The van der Waals surface area contributed by atoms with Crippen molar-refractivity contribution in [2.75, 3.05) is 7.11 Å². The number of methoxy groups -OCH3 is 1. The molecule has 0 aliphatic rings. The fourth-order valence-electron chi connectivity index (χ4n) is 2.14. The molecule has 110 valence electrons. The van der Waals surface area contributed by atoms with Crippen molar-refractivity contribution in [3.63, 3.8) is 0 Å². The Morgan fingerprint density at radius 2 is 1.90 bits per heavy atom. The number of para-hydroxylation sites is 1. The van der Waals surface area contributed by atoms with Crippen LogP contribution in [0.15, 0.2) is 42.5 Å². The van der Waals surface area contributed by atoms with Gasteiger partial charge in [-0.05, 0) is 35.7 Å². The molecule has 21 heavy (non-hydrogen) atoms. The molecule has 2 aromatic rings. The van der Waals surface area contributed by atoms with Gasteiger partial charge in [-0.1, -0.05) is 43.4 Å². The summed E-state index contributed by atoms with van der Waals surface area (Å²) in [5, 5.41) is 0. The summed E-state index contributed by atoms with van der Waals surface area (Å²) in [6.45, 7) is 2.58. The van der Waals surface area contributed by atoms with E-state index in [1.165, 1.54) is 5.56 Å². The summed E-state index contributed by atoms with van der Waals surface area (Å²) in [7, 11) is 1.60. The summed E-state index contributed by atoms with van der Waals surface area (Å²) in [4.78, 5) is 0.322. The van der Waals surface area contributed by atoms with Crippen molar-refractivity contribution in [1.29, 1.82) is 0 Å². The van der Waals surface area contributed by atoms with Gasteiger partial charge in [0.2, 0.25) is 0 Å². The van der Waals surface area contributed by atoms with Crippen LogP contribution in [0.4, 0.5) is 0 Å². The Morgan fingerprint density at radius 3 is 2.57 bits per heavy atom. The fraction of sp³-hybridized carbons (Fsp3) is 0.235. The van der Waals surface area contributed by atoms with Gasteiger partial charge >= 0.3 is 0 Å². The maximum atomic E-state index is 5.90. The lowest BCUT2D eigenvalue weighted by molar-refractivity contribution is 0.303. The lowest BCUT2D eigenvalue weighted by Crippen LogP contribution is -2.12. The van der Waals surface area contributed by atoms with Crippen LogP contribution >= 0.6 is 12.2 Å². The Balaban J connectivity index is 2.17. The topological polar surface area (TPSA) is 44.5 Å². The summed E-state index contributed by atoms with van der Waals surface area (Å²) < 4.78 is 11.2. The summed E-state index contributed by atoms with van der Waals surface area (Å²) >= 11 is 5.05. The highest BCUT2D eigenvalue weighted by Gasteiger charge is 2.08. The lowest BCUT2D eigenvalue weighted by Gasteiger charge is -2.12. The molecular formula is C17H19NO2S. The van der Waals surface area contributed by atoms with Gasteiger partial charge in [-0.25, -0.2) is 0 Å². The number of rotatable bonds is 6. The number of ether oxygens (including phenoxy) is 2. The molecule has 0 heterocycles. The maximum Gasteiger partial charge on any atom is 0.129 e. The molecular weight excluding hydrogens is 282 g/mol. The Labute approximate surface area is 130 Å². The van der Waals surface area contributed by atoms with Crippen molar-refractivity contribution in [1.82, 2.24) is 0 Å². The minimum atomic E-state index is 0.322. The minimum absolute atomic E-state index is 0.322. The highest BCUT2D eigenvalue weighted by Crippen LogP contribution is 2.23. The highest BCUT2D eigenvalue weighted by atomic mass is 32.1. The maximum absolute atomic E-state index is 5.90. The third-order valence-corrected chi connectivity index (χ3v) is 3.50. The Hall–Kier alpha value is -2.07. The van der Waals surface area contributed by atoms with E-state index in [0.717, 1.165) is 23.3 Å². The zero-order chi connectivity index (χ0) is 15.2. The third kappa shape index (κ3) is 3.73. The molecule has 2 rings (SSSR count). The van der Waals surface area contributed by atoms with Crippen molar-refractivity contribution < 1.29 is 9.47 Å². The van der Waals surface area contributed by atoms with Gasteiger partial charge < -0.3 is 15.2 Å². The molecule has 0 unspecified atom stereocenters. The first-order chi connectivity index (χ1) is 10.2. The molecule has 2 aromatic carbocycles. The van der Waals surface area contributed by atoms with Crippen LogP contribution in [0.3, 0.4) is 0 Å². The molecule has 0 spiro atoms. The smallest absolute Gasteiger partial charge is 0.129 e. The van der Waals surface area contributed by atoms with E-state index in [9.17, 15) is 0 Å². The first-order valence-electron chi connectivity index (χ1n) is 6.83. The number of aryl methyl sites for hydroxylation is 1. The second-order valence-electron chi connectivity index (χ2n) is 4.65. The average Bonchev–Trinajstić information content (AvgIpc) is 2.52. The van der Waals surface area contributed by atoms with Crippen molar-refractivity contribution in [3.05, 3.63) is 59.2 Å². The van der Waals surface area contributed by atoms with Crippen LogP contribution < -0.4 is 15.2 Å². The van der Waals surface area contributed by atoms with E-state index >= 15 is 0 Å². The van der Waals surface area contributed by atoms with Crippen LogP contribution in [0.1, 0.15) is 23.6 Å². The van der Waals surface area contributed by atoms with Gasteiger partial charge in [0.25, 0.3) is 0 Å². The largest absolute Gasteiger partial charge is 0.496 e. The molecule has 0 aromatic heterocycles. The monoisotopic (exact) mass is 301 g/mol. The molecule has 0 saturated carbocycles. The van der Waals surface area contributed by atoms with Gasteiger partial charge in [0, 0.05) is 0 Å². The van der Waals surface area contributed by atoms with Gasteiger partial charge in [-0.15, -0.1) is 0 Å². The van der Waals surface area contributed by atoms with Crippen LogP contribution in [0.2, 0.25) is 0 Å². The summed E-state index contributed by atoms with van der Waals surface area (Å²) in [6.07, 6.45) is 0.941. The molecule has 0 atom stereocenters. The first-order valence-corrected chi connectivity index (χ1v) is 7.24. The van der Waals surface area contributed by atoms with Crippen LogP contribution in [0.5, 0.6) is 11.5 Å². The standard InChI is InChI=1S/C17H19NO2S/c1-3-13-6-4-5-7-15(13)20-11-12-8-9-16(19-2)14(10-12)17(18)21/h4-10H,3,11H2,1-2H3,(H2,18,21). The number of hydrogen-bond donors (Lipinski definition) is 1. The summed E-state index contributed by atoms with van der Waals surface area (Å²) in [5.74, 6) is 1.59. The number of thiocarbonyl (C=S) groups is 1. The van der Waals surface area contributed by atoms with E-state index in [1.54, 1.807) is 7.11 Å². The minimum Gasteiger partial charge on any atom is -0.496 e. The SMILES string of the molecule is CCc1ccccc1OCc1ccc(OC)c(C(N)=S)c1. The Kier molecular flexibility index (Phi) is 5.17. The van der Waals surface area contributed by atoms with E-state index in [0.29, 0.717) is 17.3 Å². The average molecular weight is 301 g/mol. The van der Waals surface area contributed by atoms with Crippen molar-refractivity contribution in [2.24, 2.45) is 5.73 Å². The normalized spacial score (nSPS) is 10.2. The van der Waals surface area contributed by atoms with E-state index in [2.05, 4.69) is 13.0 Å². The van der Waals surface area contributed by atoms with Gasteiger partial charge in [0.05, 0.1) is 12.7 Å².